The summed E-state index contributed by atoms with van der Waals surface area (Å²) in [5.41, 5.74) is 2.61. The molecular formula is C20H28N4O3. The fourth-order valence-electron chi connectivity index (χ4n) is 2.71. The molecule has 2 heterocycles. The largest absolute Gasteiger partial charge is 0.492 e. The zero-order valence-electron chi connectivity index (χ0n) is 15.8. The quantitative estimate of drug-likeness (QED) is 0.334. The average Bonchev–Trinajstić information content (AvgIpc) is 2.72. The van der Waals surface area contributed by atoms with E-state index in [1.165, 1.54) is 0 Å². The van der Waals surface area contributed by atoms with Gasteiger partial charge in [-0.25, -0.2) is 10.5 Å². The number of unbranched alkanes of at least 4 members (excludes halogenated alkanes) is 3. The summed E-state index contributed by atoms with van der Waals surface area (Å²) in [5.74, 6) is 1.29. The van der Waals surface area contributed by atoms with Crippen LogP contribution in [0.25, 0.3) is 0 Å². The Labute approximate surface area is 160 Å². The van der Waals surface area contributed by atoms with Crippen LogP contribution in [-0.4, -0.2) is 34.2 Å². The Hall–Kier alpha value is -2.67. The topological polar surface area (TPSA) is 87.6 Å². The fraction of sp³-hybridized carbons (Fsp3) is 0.450. The lowest BCUT2D eigenvalue weighted by molar-refractivity contribution is -0.129. The van der Waals surface area contributed by atoms with Crippen molar-refractivity contribution in [2.75, 3.05) is 18.1 Å². The summed E-state index contributed by atoms with van der Waals surface area (Å²) in [6.07, 6.45) is 10.3. The molecule has 0 saturated carbocycles. The van der Waals surface area contributed by atoms with E-state index in [9.17, 15) is 4.79 Å². The fourth-order valence-corrected chi connectivity index (χ4v) is 2.71. The minimum Gasteiger partial charge on any atom is -0.492 e. The summed E-state index contributed by atoms with van der Waals surface area (Å²) in [7, 11) is 0. The van der Waals surface area contributed by atoms with E-state index < -0.39 is 0 Å². The van der Waals surface area contributed by atoms with E-state index >= 15 is 0 Å². The van der Waals surface area contributed by atoms with Crippen LogP contribution in [-0.2, 0) is 4.79 Å². The second-order valence-corrected chi connectivity index (χ2v) is 6.27. The minimum atomic E-state index is -0.333. The summed E-state index contributed by atoms with van der Waals surface area (Å²) >= 11 is 0. The van der Waals surface area contributed by atoms with Crippen molar-refractivity contribution >= 4 is 17.4 Å². The molecule has 0 atom stereocenters. The van der Waals surface area contributed by atoms with Gasteiger partial charge in [0.1, 0.15) is 11.6 Å². The third-order valence-corrected chi connectivity index (χ3v) is 4.07. The Morgan fingerprint density at radius 3 is 2.81 bits per heavy atom. The molecule has 2 rings (SSSR count). The number of hydrogen-bond donors (Lipinski definition) is 2. The van der Waals surface area contributed by atoms with Crippen molar-refractivity contribution in [1.29, 1.82) is 0 Å². The molecule has 27 heavy (non-hydrogen) atoms. The van der Waals surface area contributed by atoms with E-state index in [-0.39, 0.29) is 5.91 Å². The Morgan fingerprint density at radius 2 is 2.07 bits per heavy atom. The molecule has 0 aliphatic heterocycles. The van der Waals surface area contributed by atoms with Crippen molar-refractivity contribution in [3.05, 3.63) is 42.9 Å². The maximum Gasteiger partial charge on any atom is 0.243 e. The first kappa shape index (κ1) is 20.6. The molecule has 0 aromatic carbocycles. The number of nitrogens with one attached hydrogen (secondary N) is 1. The van der Waals surface area contributed by atoms with Gasteiger partial charge in [0, 0.05) is 25.2 Å². The maximum absolute atomic E-state index is 11.0. The average molecular weight is 372 g/mol. The Bertz CT molecular complexity index is 682. The number of carbonyl (C=O) groups excluding carboxylic acids is 1. The third kappa shape index (κ3) is 7.22. The van der Waals surface area contributed by atoms with Gasteiger partial charge in [0.25, 0.3) is 0 Å². The van der Waals surface area contributed by atoms with E-state index in [1.807, 2.05) is 30.5 Å². The van der Waals surface area contributed by atoms with E-state index in [1.54, 1.807) is 17.9 Å². The second-order valence-electron chi connectivity index (χ2n) is 6.27. The van der Waals surface area contributed by atoms with Gasteiger partial charge in [-0.05, 0) is 31.4 Å². The number of carbonyl (C=O) groups is 1. The molecule has 0 saturated heterocycles. The van der Waals surface area contributed by atoms with Gasteiger partial charge in [0.05, 0.1) is 24.7 Å². The standard InChI is InChI=1S/C20H28N4O3/c1-2-13-27-18-14-17(15-21-16-18)24(19-9-6-7-11-22-19)12-8-4-3-5-10-20(25)23-26/h6-7,9,11,14-16,26H,2-5,8,10,12-13H2,1H3,(H,23,25). The van der Waals surface area contributed by atoms with E-state index in [0.717, 1.165) is 55.9 Å². The molecule has 0 spiro atoms. The second kappa shape index (κ2) is 11.9. The van der Waals surface area contributed by atoms with Crippen LogP contribution in [0.1, 0.15) is 45.4 Å². The van der Waals surface area contributed by atoms with Crippen molar-refractivity contribution in [2.24, 2.45) is 0 Å². The zero-order chi connectivity index (χ0) is 19.3. The molecular weight excluding hydrogens is 344 g/mol. The summed E-state index contributed by atoms with van der Waals surface area (Å²) in [6, 6.07) is 7.83. The van der Waals surface area contributed by atoms with Crippen LogP contribution in [0, 0.1) is 0 Å². The number of nitrogens with zero attached hydrogens (tertiary/aromatic N) is 3. The van der Waals surface area contributed by atoms with E-state index in [4.69, 9.17) is 9.94 Å². The first-order chi connectivity index (χ1) is 13.2. The monoisotopic (exact) mass is 372 g/mol. The van der Waals surface area contributed by atoms with Crippen LogP contribution >= 0.6 is 0 Å². The maximum atomic E-state index is 11.0. The van der Waals surface area contributed by atoms with E-state index in [2.05, 4.69) is 21.8 Å². The SMILES string of the molecule is CCCOc1cncc(N(CCCCCCC(=O)NO)c2ccccn2)c1. The van der Waals surface area contributed by atoms with Crippen LogP contribution in [0.4, 0.5) is 11.5 Å². The molecule has 0 radical (unpaired) electrons. The number of pyridine rings is 2. The van der Waals surface area contributed by atoms with Crippen LogP contribution in [0.2, 0.25) is 0 Å². The summed E-state index contributed by atoms with van der Waals surface area (Å²) in [5, 5.41) is 8.51. The van der Waals surface area contributed by atoms with Crippen molar-refractivity contribution in [3.63, 3.8) is 0 Å². The summed E-state index contributed by atoms with van der Waals surface area (Å²) in [6.45, 7) is 3.53. The minimum absolute atomic E-state index is 0.333. The predicted octanol–water partition coefficient (Wildman–Crippen LogP) is 3.86. The van der Waals surface area contributed by atoms with Crippen molar-refractivity contribution in [1.82, 2.24) is 15.4 Å². The van der Waals surface area contributed by atoms with Crippen molar-refractivity contribution < 1.29 is 14.7 Å². The van der Waals surface area contributed by atoms with Gasteiger partial charge in [-0.1, -0.05) is 25.8 Å². The first-order valence-electron chi connectivity index (χ1n) is 9.44. The molecule has 7 heteroatoms. The van der Waals surface area contributed by atoms with Crippen LogP contribution in [0.3, 0.4) is 0 Å². The highest BCUT2D eigenvalue weighted by atomic mass is 16.5. The van der Waals surface area contributed by atoms with Crippen LogP contribution in [0.15, 0.2) is 42.9 Å². The molecule has 2 N–H and O–H groups in total. The van der Waals surface area contributed by atoms with Gasteiger partial charge in [-0.3, -0.25) is 15.0 Å². The van der Waals surface area contributed by atoms with Gasteiger partial charge in [0.2, 0.25) is 5.91 Å². The molecule has 2 aromatic rings. The molecule has 2 aromatic heterocycles. The normalized spacial score (nSPS) is 10.4. The van der Waals surface area contributed by atoms with E-state index in [0.29, 0.717) is 13.0 Å². The number of ether oxygens (including phenoxy) is 1. The van der Waals surface area contributed by atoms with Crippen molar-refractivity contribution in [3.8, 4) is 5.75 Å². The first-order valence-corrected chi connectivity index (χ1v) is 9.44. The lowest BCUT2D eigenvalue weighted by Gasteiger charge is -2.24. The summed E-state index contributed by atoms with van der Waals surface area (Å²) in [4.78, 5) is 21.9. The van der Waals surface area contributed by atoms with Gasteiger partial charge in [0.15, 0.2) is 0 Å². The number of anilines is 2. The zero-order valence-corrected chi connectivity index (χ0v) is 15.8. The van der Waals surface area contributed by atoms with Crippen molar-refractivity contribution in [2.45, 2.75) is 45.4 Å². The molecule has 0 unspecified atom stereocenters. The molecule has 0 aliphatic rings. The highest BCUT2D eigenvalue weighted by molar-refractivity contribution is 5.74. The number of hydroxylamine groups is 1. The smallest absolute Gasteiger partial charge is 0.243 e. The Balaban J connectivity index is 1.97. The third-order valence-electron chi connectivity index (χ3n) is 4.07. The lowest BCUT2D eigenvalue weighted by Crippen LogP contribution is -2.20. The molecule has 0 fully saturated rings. The van der Waals surface area contributed by atoms with Crippen LogP contribution < -0.4 is 15.1 Å². The highest BCUT2D eigenvalue weighted by Crippen LogP contribution is 2.26. The lowest BCUT2D eigenvalue weighted by atomic mass is 10.1. The number of aromatic nitrogens is 2. The highest BCUT2D eigenvalue weighted by Gasteiger charge is 2.12. The van der Waals surface area contributed by atoms with Gasteiger partial charge >= 0.3 is 0 Å². The van der Waals surface area contributed by atoms with Gasteiger partial charge in [-0.2, -0.15) is 0 Å². The van der Waals surface area contributed by atoms with Crippen LogP contribution in [0.5, 0.6) is 5.75 Å². The number of hydrogen-bond acceptors (Lipinski definition) is 6. The number of rotatable bonds is 12. The Morgan fingerprint density at radius 1 is 1.22 bits per heavy atom. The molecule has 0 aliphatic carbocycles. The predicted molar refractivity (Wildman–Crippen MR) is 104 cm³/mol. The van der Waals surface area contributed by atoms with Gasteiger partial charge < -0.3 is 9.64 Å². The molecule has 0 bridgehead atoms. The number of amides is 1. The summed E-state index contributed by atoms with van der Waals surface area (Å²) < 4.78 is 5.70. The molecule has 146 valence electrons. The Kier molecular flexibility index (Phi) is 9.06. The molecule has 7 nitrogen and oxygen atoms in total. The molecule has 1 amide bonds. The van der Waals surface area contributed by atoms with Gasteiger partial charge in [-0.15, -0.1) is 0 Å².